The zero-order valence-electron chi connectivity index (χ0n) is 19.4. The Labute approximate surface area is 197 Å². The first-order valence-corrected chi connectivity index (χ1v) is 12.4. The summed E-state index contributed by atoms with van der Waals surface area (Å²) in [4.78, 5) is 20.2. The van der Waals surface area contributed by atoms with Crippen molar-refractivity contribution in [2.24, 2.45) is 0 Å². The van der Waals surface area contributed by atoms with E-state index in [0.717, 1.165) is 56.7 Å². The quantitative estimate of drug-likeness (QED) is 0.668. The van der Waals surface area contributed by atoms with Crippen LogP contribution in [0.25, 0.3) is 0 Å². The monoisotopic (exact) mass is 445 g/mol. The lowest BCUT2D eigenvalue weighted by molar-refractivity contribution is -0.0850. The number of likely N-dealkylation sites (tertiary alicyclic amines) is 1. The average molecular weight is 446 g/mol. The molecular weight excluding hydrogens is 410 g/mol. The molecule has 3 atom stereocenters. The first kappa shape index (κ1) is 22.2. The van der Waals surface area contributed by atoms with E-state index in [2.05, 4.69) is 34.6 Å². The predicted molar refractivity (Wildman–Crippen MR) is 131 cm³/mol. The largest absolute Gasteiger partial charge is 0.508 e. The summed E-state index contributed by atoms with van der Waals surface area (Å²) < 4.78 is 0. The van der Waals surface area contributed by atoms with E-state index in [1.165, 1.54) is 24.8 Å². The summed E-state index contributed by atoms with van der Waals surface area (Å²) in [6, 6.07) is 17.0. The lowest BCUT2D eigenvalue weighted by Crippen LogP contribution is -2.69. The summed E-state index contributed by atoms with van der Waals surface area (Å²) in [7, 11) is 0. The van der Waals surface area contributed by atoms with Gasteiger partial charge in [-0.05, 0) is 54.7 Å². The van der Waals surface area contributed by atoms with E-state index in [9.17, 15) is 9.90 Å². The van der Waals surface area contributed by atoms with Crippen molar-refractivity contribution in [1.29, 1.82) is 0 Å². The number of phenolic OH excluding ortho intramolecular Hbond substituents is 1. The number of piperazine rings is 1. The van der Waals surface area contributed by atoms with Crippen LogP contribution in [-0.2, 0) is 0 Å². The number of rotatable bonds is 6. The molecule has 174 valence electrons. The molecule has 4 aliphatic rings. The summed E-state index contributed by atoms with van der Waals surface area (Å²) in [5, 5.41) is 10.2. The van der Waals surface area contributed by atoms with Gasteiger partial charge in [0.05, 0.1) is 6.04 Å². The van der Waals surface area contributed by atoms with E-state index >= 15 is 0 Å². The Hall–Kier alpha value is -2.63. The molecule has 4 fully saturated rings. The van der Waals surface area contributed by atoms with Crippen LogP contribution in [-0.4, -0.2) is 70.5 Å². The predicted octanol–water partition coefficient (Wildman–Crippen LogP) is 4.44. The summed E-state index contributed by atoms with van der Waals surface area (Å²) >= 11 is 0. The second kappa shape index (κ2) is 9.70. The number of benzene rings is 2. The molecule has 0 saturated carbocycles. The highest BCUT2D eigenvalue weighted by Crippen LogP contribution is 2.43. The standard InChI is InChI=1S/C28H35N3O2/c1-2-14-29-19-24-18-25(20-29)31(24)27(23-8-7-9-26(32)17-23)21-10-12-22(13-11-21)28(33)30-15-5-3-4-6-16-30/h2,7-13,17,24-25,27,32H,1,3-6,14-16,18-20H2. The van der Waals surface area contributed by atoms with Gasteiger partial charge < -0.3 is 10.0 Å². The Bertz CT molecular complexity index is 969. The van der Waals surface area contributed by atoms with Gasteiger partial charge in [0.1, 0.15) is 5.75 Å². The van der Waals surface area contributed by atoms with Crippen molar-refractivity contribution in [1.82, 2.24) is 14.7 Å². The summed E-state index contributed by atoms with van der Waals surface area (Å²) in [6.07, 6.45) is 7.85. The molecule has 0 radical (unpaired) electrons. The number of aromatic hydroxyl groups is 1. The van der Waals surface area contributed by atoms with Gasteiger partial charge in [0.2, 0.25) is 0 Å². The van der Waals surface area contributed by atoms with Crippen molar-refractivity contribution >= 4 is 5.91 Å². The molecule has 6 rings (SSSR count). The van der Waals surface area contributed by atoms with E-state index in [4.69, 9.17) is 0 Å². The summed E-state index contributed by atoms with van der Waals surface area (Å²) in [6.45, 7) is 8.66. The van der Waals surface area contributed by atoms with Gasteiger partial charge in [0.15, 0.2) is 0 Å². The molecule has 0 spiro atoms. The van der Waals surface area contributed by atoms with Crippen molar-refractivity contribution < 1.29 is 9.90 Å². The summed E-state index contributed by atoms with van der Waals surface area (Å²) in [5.41, 5.74) is 3.06. The molecule has 0 aromatic heterocycles. The second-order valence-corrected chi connectivity index (χ2v) is 9.82. The Morgan fingerprint density at radius 3 is 2.33 bits per heavy atom. The average Bonchev–Trinajstić information content (AvgIpc) is 3.12. The second-order valence-electron chi connectivity index (χ2n) is 9.82. The van der Waals surface area contributed by atoms with E-state index in [1.54, 1.807) is 6.07 Å². The maximum Gasteiger partial charge on any atom is 0.253 e. The first-order chi connectivity index (χ1) is 16.1. The fraction of sp³-hybridized carbons (Fsp3) is 0.464. The number of piperidine rings is 1. The molecule has 2 bridgehead atoms. The molecule has 2 aromatic rings. The topological polar surface area (TPSA) is 47.0 Å². The Morgan fingerprint density at radius 2 is 1.70 bits per heavy atom. The van der Waals surface area contributed by atoms with Crippen LogP contribution in [0.3, 0.4) is 0 Å². The Morgan fingerprint density at radius 1 is 1.00 bits per heavy atom. The van der Waals surface area contributed by atoms with Crippen LogP contribution in [0.4, 0.5) is 0 Å². The Balaban J connectivity index is 1.40. The van der Waals surface area contributed by atoms with Crippen LogP contribution in [0.5, 0.6) is 5.75 Å². The van der Waals surface area contributed by atoms with Crippen LogP contribution in [0.1, 0.15) is 59.6 Å². The van der Waals surface area contributed by atoms with Gasteiger partial charge in [-0.1, -0.05) is 43.2 Å². The van der Waals surface area contributed by atoms with Crippen molar-refractivity contribution in [2.75, 3.05) is 32.7 Å². The fourth-order valence-corrected chi connectivity index (χ4v) is 5.98. The third-order valence-corrected chi connectivity index (χ3v) is 7.56. The number of nitrogens with zero attached hydrogens (tertiary/aromatic N) is 3. The maximum atomic E-state index is 13.1. The minimum Gasteiger partial charge on any atom is -0.508 e. The highest BCUT2D eigenvalue weighted by Gasteiger charge is 2.48. The third-order valence-electron chi connectivity index (χ3n) is 7.56. The lowest BCUT2D eigenvalue weighted by Gasteiger charge is -2.59. The normalized spacial score (nSPS) is 24.5. The first-order valence-electron chi connectivity index (χ1n) is 12.4. The summed E-state index contributed by atoms with van der Waals surface area (Å²) in [5.74, 6) is 0.447. The number of fused-ring (bicyclic) bond motifs is 2. The van der Waals surface area contributed by atoms with E-state index in [0.29, 0.717) is 17.8 Å². The molecule has 5 nitrogen and oxygen atoms in total. The molecule has 4 saturated heterocycles. The number of amides is 1. The smallest absolute Gasteiger partial charge is 0.253 e. The van der Waals surface area contributed by atoms with Crippen molar-refractivity contribution in [2.45, 2.75) is 50.2 Å². The van der Waals surface area contributed by atoms with Gasteiger partial charge in [-0.3, -0.25) is 14.6 Å². The Kier molecular flexibility index (Phi) is 6.52. The van der Waals surface area contributed by atoms with Gasteiger partial charge in [-0.25, -0.2) is 0 Å². The van der Waals surface area contributed by atoms with Crippen LogP contribution in [0.15, 0.2) is 61.2 Å². The van der Waals surface area contributed by atoms with Crippen LogP contribution >= 0.6 is 0 Å². The molecule has 1 amide bonds. The van der Waals surface area contributed by atoms with Crippen molar-refractivity contribution in [3.05, 3.63) is 77.9 Å². The number of hydrogen-bond acceptors (Lipinski definition) is 4. The highest BCUT2D eigenvalue weighted by molar-refractivity contribution is 5.94. The van der Waals surface area contributed by atoms with Crippen LogP contribution in [0, 0.1) is 0 Å². The minimum absolute atomic E-state index is 0.0778. The number of phenols is 1. The number of carbonyl (C=O) groups is 1. The minimum atomic E-state index is 0.0778. The number of carbonyl (C=O) groups excluding carboxylic acids is 1. The van der Waals surface area contributed by atoms with Gasteiger partial charge in [-0.15, -0.1) is 6.58 Å². The molecule has 33 heavy (non-hydrogen) atoms. The molecule has 5 heteroatoms. The lowest BCUT2D eigenvalue weighted by atomic mass is 9.81. The highest BCUT2D eigenvalue weighted by atomic mass is 16.3. The van der Waals surface area contributed by atoms with Gasteiger partial charge in [-0.2, -0.15) is 0 Å². The zero-order valence-corrected chi connectivity index (χ0v) is 19.4. The van der Waals surface area contributed by atoms with Gasteiger partial charge in [0.25, 0.3) is 5.91 Å². The van der Waals surface area contributed by atoms with E-state index < -0.39 is 0 Å². The third kappa shape index (κ3) is 4.57. The molecule has 0 aliphatic carbocycles. The molecule has 4 heterocycles. The van der Waals surface area contributed by atoms with Crippen molar-refractivity contribution in [3.63, 3.8) is 0 Å². The van der Waals surface area contributed by atoms with Crippen LogP contribution in [0.2, 0.25) is 0 Å². The van der Waals surface area contributed by atoms with Gasteiger partial charge in [0, 0.05) is 50.4 Å². The van der Waals surface area contributed by atoms with E-state index in [1.807, 2.05) is 35.2 Å². The van der Waals surface area contributed by atoms with E-state index in [-0.39, 0.29) is 11.9 Å². The molecule has 2 aromatic carbocycles. The van der Waals surface area contributed by atoms with Crippen LogP contribution < -0.4 is 0 Å². The molecule has 4 aliphatic heterocycles. The fourth-order valence-electron chi connectivity index (χ4n) is 5.98. The zero-order chi connectivity index (χ0) is 22.8. The van der Waals surface area contributed by atoms with Crippen molar-refractivity contribution in [3.8, 4) is 5.75 Å². The number of hydrogen-bond donors (Lipinski definition) is 1. The molecule has 3 unspecified atom stereocenters. The SMILES string of the molecule is C=CCN1CC2CC(C1)N2C(c1ccc(C(=O)N2CCCCCC2)cc1)c1cccc(O)c1. The van der Waals surface area contributed by atoms with Gasteiger partial charge >= 0.3 is 0 Å². The molecular formula is C28H35N3O2. The molecule has 1 N–H and O–H groups in total. The maximum absolute atomic E-state index is 13.1.